The van der Waals surface area contributed by atoms with Crippen LogP contribution in [0.25, 0.3) is 0 Å². The van der Waals surface area contributed by atoms with Crippen LogP contribution in [0.4, 0.5) is 15.8 Å². The lowest BCUT2D eigenvalue weighted by Gasteiger charge is -2.16. The first-order chi connectivity index (χ1) is 7.00. The second kappa shape index (κ2) is 3.35. The molecule has 1 fully saturated rings. The van der Waals surface area contributed by atoms with E-state index in [-0.39, 0.29) is 18.8 Å². The molecule has 82 valence electrons. The topological polar surface area (TPSA) is 75.4 Å². The van der Waals surface area contributed by atoms with Crippen molar-refractivity contribution in [2.75, 3.05) is 23.1 Å². The third kappa shape index (κ3) is 1.75. The molecule has 0 spiro atoms. The van der Waals surface area contributed by atoms with Crippen molar-refractivity contribution in [3.8, 4) is 0 Å². The molecule has 0 atom stereocenters. The molecule has 0 bridgehead atoms. The number of benzene rings is 1. The molecule has 1 aromatic carbocycles. The molecule has 2 rings (SSSR count). The van der Waals surface area contributed by atoms with Gasteiger partial charge in [-0.05, 0) is 18.2 Å². The molecule has 7 heteroatoms. The first kappa shape index (κ1) is 10.2. The van der Waals surface area contributed by atoms with E-state index in [1.165, 1.54) is 12.1 Å². The summed E-state index contributed by atoms with van der Waals surface area (Å²) in [7, 11) is -3.59. The molecule has 0 radical (unpaired) electrons. The lowest BCUT2D eigenvalue weighted by atomic mass is 10.2. The molecule has 5 nitrogen and oxygen atoms in total. The summed E-state index contributed by atoms with van der Waals surface area (Å²) in [5.74, 6) is -0.600. The van der Waals surface area contributed by atoms with Crippen LogP contribution in [0.2, 0.25) is 0 Å². The molecule has 1 aliphatic rings. The number of nitrogens with one attached hydrogen (secondary N) is 1. The van der Waals surface area contributed by atoms with Crippen LogP contribution >= 0.6 is 0 Å². The summed E-state index contributed by atoms with van der Waals surface area (Å²) in [6, 6.07) is 3.84. The van der Waals surface area contributed by atoms with E-state index in [9.17, 15) is 12.8 Å². The second-order valence-electron chi connectivity index (χ2n) is 3.18. The van der Waals surface area contributed by atoms with Crippen molar-refractivity contribution in [2.45, 2.75) is 0 Å². The normalized spacial score (nSPS) is 19.4. The summed E-state index contributed by atoms with van der Waals surface area (Å²) < 4.78 is 39.5. The van der Waals surface area contributed by atoms with Gasteiger partial charge >= 0.3 is 10.2 Å². The predicted octanol–water partition coefficient (Wildman–Crippen LogP) is 0.0623. The number of nitrogen functional groups attached to an aromatic ring is 1. The van der Waals surface area contributed by atoms with Crippen LogP contribution in [-0.2, 0) is 10.2 Å². The van der Waals surface area contributed by atoms with E-state index in [0.717, 1.165) is 10.4 Å². The third-order valence-corrected chi connectivity index (χ3v) is 3.66. The van der Waals surface area contributed by atoms with Crippen LogP contribution in [0, 0.1) is 5.82 Å². The van der Waals surface area contributed by atoms with Gasteiger partial charge < -0.3 is 5.73 Å². The van der Waals surface area contributed by atoms with E-state index >= 15 is 0 Å². The largest absolute Gasteiger partial charge is 0.399 e. The number of hydrogen-bond acceptors (Lipinski definition) is 3. The fourth-order valence-corrected chi connectivity index (χ4v) is 2.68. The smallest absolute Gasteiger partial charge is 0.301 e. The minimum atomic E-state index is -3.59. The Bertz CT molecular complexity index is 489. The predicted molar refractivity (Wildman–Crippen MR) is 55.1 cm³/mol. The van der Waals surface area contributed by atoms with Crippen molar-refractivity contribution >= 4 is 21.6 Å². The highest BCUT2D eigenvalue weighted by Gasteiger charge is 2.29. The summed E-state index contributed by atoms with van der Waals surface area (Å²) in [6.45, 7) is 0.485. The Labute approximate surface area is 86.9 Å². The lowest BCUT2D eigenvalue weighted by Crippen LogP contribution is -2.30. The highest BCUT2D eigenvalue weighted by molar-refractivity contribution is 7.91. The Hall–Kier alpha value is -1.34. The first-order valence-electron chi connectivity index (χ1n) is 4.33. The Kier molecular flexibility index (Phi) is 2.28. The molecule has 15 heavy (non-hydrogen) atoms. The van der Waals surface area contributed by atoms with Crippen molar-refractivity contribution in [3.05, 3.63) is 24.0 Å². The van der Waals surface area contributed by atoms with Gasteiger partial charge in [0.25, 0.3) is 0 Å². The van der Waals surface area contributed by atoms with Crippen LogP contribution < -0.4 is 14.8 Å². The number of nitrogens with two attached hydrogens (primary N) is 1. The van der Waals surface area contributed by atoms with Crippen LogP contribution in [0.15, 0.2) is 18.2 Å². The van der Waals surface area contributed by atoms with Crippen molar-refractivity contribution < 1.29 is 12.8 Å². The average molecular weight is 231 g/mol. The summed E-state index contributed by atoms with van der Waals surface area (Å²) in [5.41, 5.74) is 5.79. The quantitative estimate of drug-likeness (QED) is 0.671. The van der Waals surface area contributed by atoms with Gasteiger partial charge in [0.05, 0.1) is 5.69 Å². The molecule has 0 aliphatic carbocycles. The highest BCUT2D eigenvalue weighted by Crippen LogP contribution is 2.25. The molecule has 0 saturated carbocycles. The fraction of sp³-hybridized carbons (Fsp3) is 0.250. The van der Waals surface area contributed by atoms with Gasteiger partial charge in [0.1, 0.15) is 5.82 Å². The molecular formula is C8H10FN3O2S. The van der Waals surface area contributed by atoms with Gasteiger partial charge in [-0.3, -0.25) is 4.31 Å². The maximum absolute atomic E-state index is 13.4. The first-order valence-corrected chi connectivity index (χ1v) is 5.77. The van der Waals surface area contributed by atoms with E-state index in [1.807, 2.05) is 0 Å². The van der Waals surface area contributed by atoms with E-state index < -0.39 is 16.0 Å². The maximum atomic E-state index is 13.4. The van der Waals surface area contributed by atoms with Crippen molar-refractivity contribution in [3.63, 3.8) is 0 Å². The van der Waals surface area contributed by atoms with Crippen molar-refractivity contribution in [1.29, 1.82) is 0 Å². The third-order valence-electron chi connectivity index (χ3n) is 2.13. The minimum Gasteiger partial charge on any atom is -0.399 e. The van der Waals surface area contributed by atoms with Gasteiger partial charge in [0.15, 0.2) is 0 Å². The summed E-state index contributed by atoms with van der Waals surface area (Å²) in [5, 5.41) is 0. The van der Waals surface area contributed by atoms with Gasteiger partial charge in [-0.2, -0.15) is 13.1 Å². The molecule has 1 heterocycles. The molecule has 0 aromatic heterocycles. The van der Waals surface area contributed by atoms with Crippen LogP contribution in [0.5, 0.6) is 0 Å². The zero-order chi connectivity index (χ0) is 11.1. The van der Waals surface area contributed by atoms with Gasteiger partial charge in [0, 0.05) is 18.8 Å². The summed E-state index contributed by atoms with van der Waals surface area (Å²) in [6.07, 6.45) is 0. The number of rotatable bonds is 1. The monoisotopic (exact) mass is 231 g/mol. The standard InChI is InChI=1S/C8H10FN3O2S/c9-7-2-1-6(10)5-8(7)12-4-3-11-15(12,13)14/h1-2,5,11H,3-4,10H2. The number of nitrogens with zero attached hydrogens (tertiary/aromatic N) is 1. The number of hydrogen-bond donors (Lipinski definition) is 2. The Morgan fingerprint density at radius 1 is 1.47 bits per heavy atom. The van der Waals surface area contributed by atoms with Gasteiger partial charge in [-0.1, -0.05) is 0 Å². The van der Waals surface area contributed by atoms with Crippen molar-refractivity contribution in [2.24, 2.45) is 0 Å². The molecule has 1 aromatic rings. The van der Waals surface area contributed by atoms with E-state index in [2.05, 4.69) is 4.72 Å². The lowest BCUT2D eigenvalue weighted by molar-refractivity contribution is 0.588. The van der Waals surface area contributed by atoms with Gasteiger partial charge in [-0.15, -0.1) is 0 Å². The van der Waals surface area contributed by atoms with Crippen molar-refractivity contribution in [1.82, 2.24) is 4.72 Å². The number of anilines is 2. The molecule has 0 unspecified atom stereocenters. The van der Waals surface area contributed by atoms with E-state index in [0.29, 0.717) is 5.69 Å². The van der Waals surface area contributed by atoms with Crippen LogP contribution in [0.3, 0.4) is 0 Å². The Balaban J connectivity index is 2.50. The van der Waals surface area contributed by atoms with Crippen LogP contribution in [-0.4, -0.2) is 21.5 Å². The fourth-order valence-electron chi connectivity index (χ4n) is 1.45. The minimum absolute atomic E-state index is 0.0139. The average Bonchev–Trinajstić information content (AvgIpc) is 2.50. The maximum Gasteiger partial charge on any atom is 0.301 e. The Morgan fingerprint density at radius 3 is 2.80 bits per heavy atom. The number of halogens is 1. The molecular weight excluding hydrogens is 221 g/mol. The molecule has 1 aliphatic heterocycles. The zero-order valence-electron chi connectivity index (χ0n) is 7.77. The van der Waals surface area contributed by atoms with Crippen LogP contribution in [0.1, 0.15) is 0 Å². The van der Waals surface area contributed by atoms with E-state index in [1.54, 1.807) is 0 Å². The zero-order valence-corrected chi connectivity index (χ0v) is 8.59. The SMILES string of the molecule is Nc1ccc(F)c(N2CCNS2(=O)=O)c1. The molecule has 1 saturated heterocycles. The molecule has 0 amide bonds. The summed E-state index contributed by atoms with van der Waals surface area (Å²) in [4.78, 5) is 0. The Morgan fingerprint density at radius 2 is 2.20 bits per heavy atom. The second-order valence-corrected chi connectivity index (χ2v) is 4.86. The van der Waals surface area contributed by atoms with E-state index in [4.69, 9.17) is 5.73 Å². The molecule has 3 N–H and O–H groups in total. The summed E-state index contributed by atoms with van der Waals surface area (Å²) >= 11 is 0. The van der Waals surface area contributed by atoms with Gasteiger partial charge in [-0.25, -0.2) is 4.39 Å². The van der Waals surface area contributed by atoms with Gasteiger partial charge in [0.2, 0.25) is 0 Å². The highest BCUT2D eigenvalue weighted by atomic mass is 32.2.